The molecule has 25 heavy (non-hydrogen) atoms. The predicted molar refractivity (Wildman–Crippen MR) is 97.0 cm³/mol. The molecule has 2 aliphatic rings. The third-order valence-electron chi connectivity index (χ3n) is 4.96. The average molecular weight is 358 g/mol. The number of aliphatic carboxylic acids is 1. The van der Waals surface area contributed by atoms with Crippen molar-refractivity contribution >= 4 is 17.3 Å². The molecule has 0 saturated carbocycles. The van der Waals surface area contributed by atoms with E-state index in [0.717, 1.165) is 66.8 Å². The number of benzene rings is 1. The van der Waals surface area contributed by atoms with Crippen LogP contribution in [-0.4, -0.2) is 47.3 Å². The van der Waals surface area contributed by atoms with Gasteiger partial charge in [-0.15, -0.1) is 11.3 Å². The minimum Gasteiger partial charge on any atom is -0.481 e. The molecule has 0 radical (unpaired) electrons. The van der Waals surface area contributed by atoms with Crippen LogP contribution < -0.4 is 0 Å². The van der Waals surface area contributed by atoms with E-state index in [0.29, 0.717) is 6.42 Å². The Morgan fingerprint density at radius 3 is 2.76 bits per heavy atom. The predicted octanol–water partition coefficient (Wildman–Crippen LogP) is 3.15. The number of aryl methyl sites for hydroxylation is 1. The maximum atomic E-state index is 11.4. The monoisotopic (exact) mass is 358 g/mol. The minimum absolute atomic E-state index is 0.436. The lowest BCUT2D eigenvalue weighted by atomic mass is 9.91. The highest BCUT2D eigenvalue weighted by Crippen LogP contribution is 2.38. The van der Waals surface area contributed by atoms with Crippen molar-refractivity contribution in [3.05, 3.63) is 40.4 Å². The molecule has 1 unspecified atom stereocenters. The first-order chi connectivity index (χ1) is 12.2. The maximum Gasteiger partial charge on any atom is 0.312 e. The van der Waals surface area contributed by atoms with Crippen LogP contribution in [0.15, 0.2) is 24.3 Å². The molecule has 0 bridgehead atoms. The van der Waals surface area contributed by atoms with Crippen LogP contribution in [0.3, 0.4) is 0 Å². The standard InChI is InChI=1S/C19H22N2O3S/c22-19(23)15-2-1-3-16-17(15)20-18(25-16)14-6-4-13(5-7-14)12-21-8-10-24-11-9-21/h4-7,15H,1-3,8-12H2,(H,22,23). The molecule has 132 valence electrons. The molecule has 1 fully saturated rings. The Labute approximate surface area is 151 Å². The first-order valence-electron chi connectivity index (χ1n) is 8.82. The summed E-state index contributed by atoms with van der Waals surface area (Å²) < 4.78 is 5.39. The Bertz CT molecular complexity index is 751. The number of hydrogen-bond donors (Lipinski definition) is 1. The Hall–Kier alpha value is -1.76. The summed E-state index contributed by atoms with van der Waals surface area (Å²) in [4.78, 5) is 19.7. The van der Waals surface area contributed by atoms with Crippen molar-refractivity contribution < 1.29 is 14.6 Å². The van der Waals surface area contributed by atoms with E-state index in [2.05, 4.69) is 34.1 Å². The largest absolute Gasteiger partial charge is 0.481 e. The van der Waals surface area contributed by atoms with E-state index in [-0.39, 0.29) is 0 Å². The SMILES string of the molecule is O=C(O)C1CCCc2sc(-c3ccc(CN4CCOCC4)cc3)nc21. The van der Waals surface area contributed by atoms with Gasteiger partial charge in [0.25, 0.3) is 0 Å². The molecule has 0 amide bonds. The molecule has 1 aliphatic carbocycles. The normalized spacial score (nSPS) is 21.0. The highest BCUT2D eigenvalue weighted by molar-refractivity contribution is 7.15. The molecule has 2 heterocycles. The van der Waals surface area contributed by atoms with E-state index in [1.165, 1.54) is 5.56 Å². The van der Waals surface area contributed by atoms with Gasteiger partial charge >= 0.3 is 5.97 Å². The Balaban J connectivity index is 1.51. The number of fused-ring (bicyclic) bond motifs is 1. The van der Waals surface area contributed by atoms with Crippen molar-refractivity contribution in [3.8, 4) is 10.6 Å². The summed E-state index contributed by atoms with van der Waals surface area (Å²) in [7, 11) is 0. The molecule has 1 atom stereocenters. The molecule has 0 spiro atoms. The summed E-state index contributed by atoms with van der Waals surface area (Å²) in [5.41, 5.74) is 3.15. The van der Waals surface area contributed by atoms with Crippen LogP contribution in [-0.2, 0) is 22.5 Å². The molecule has 2 aromatic rings. The molecule has 4 rings (SSSR count). The average Bonchev–Trinajstić information content (AvgIpc) is 3.07. The van der Waals surface area contributed by atoms with E-state index in [4.69, 9.17) is 4.74 Å². The van der Waals surface area contributed by atoms with E-state index in [9.17, 15) is 9.90 Å². The second-order valence-electron chi connectivity index (χ2n) is 6.70. The van der Waals surface area contributed by atoms with Crippen molar-refractivity contribution in [3.63, 3.8) is 0 Å². The van der Waals surface area contributed by atoms with Gasteiger partial charge < -0.3 is 9.84 Å². The van der Waals surface area contributed by atoms with Crippen molar-refractivity contribution in [2.24, 2.45) is 0 Å². The Morgan fingerprint density at radius 2 is 2.04 bits per heavy atom. The van der Waals surface area contributed by atoms with Gasteiger partial charge in [-0.25, -0.2) is 4.98 Å². The number of ether oxygens (including phenoxy) is 1. The van der Waals surface area contributed by atoms with Crippen LogP contribution in [0.5, 0.6) is 0 Å². The maximum absolute atomic E-state index is 11.4. The number of aromatic nitrogens is 1. The molecule has 6 heteroatoms. The second-order valence-corrected chi connectivity index (χ2v) is 7.78. The number of carboxylic acid groups (broad SMARTS) is 1. The smallest absolute Gasteiger partial charge is 0.312 e. The number of carboxylic acids is 1. The lowest BCUT2D eigenvalue weighted by Gasteiger charge is -2.26. The van der Waals surface area contributed by atoms with Crippen LogP contribution >= 0.6 is 11.3 Å². The summed E-state index contributed by atoms with van der Waals surface area (Å²) in [6.07, 6.45) is 2.58. The lowest BCUT2D eigenvalue weighted by Crippen LogP contribution is -2.35. The summed E-state index contributed by atoms with van der Waals surface area (Å²) in [5.74, 6) is -1.19. The molecular weight excluding hydrogens is 336 g/mol. The number of hydrogen-bond acceptors (Lipinski definition) is 5. The summed E-state index contributed by atoms with van der Waals surface area (Å²) in [5, 5.41) is 10.3. The molecule has 1 N–H and O–H groups in total. The fraction of sp³-hybridized carbons (Fsp3) is 0.474. The van der Waals surface area contributed by atoms with Gasteiger partial charge in [0.15, 0.2) is 0 Å². The molecule has 1 saturated heterocycles. The third kappa shape index (κ3) is 3.61. The fourth-order valence-electron chi connectivity index (χ4n) is 3.55. The van der Waals surface area contributed by atoms with E-state index < -0.39 is 11.9 Å². The number of rotatable bonds is 4. The Kier molecular flexibility index (Phi) is 4.83. The van der Waals surface area contributed by atoms with Crippen LogP contribution in [0.1, 0.15) is 34.9 Å². The van der Waals surface area contributed by atoms with Gasteiger partial charge in [0.1, 0.15) is 5.01 Å². The van der Waals surface area contributed by atoms with E-state index >= 15 is 0 Å². The van der Waals surface area contributed by atoms with Crippen molar-refractivity contribution in [2.75, 3.05) is 26.3 Å². The van der Waals surface area contributed by atoms with Gasteiger partial charge in [-0.2, -0.15) is 0 Å². The van der Waals surface area contributed by atoms with Gasteiger partial charge in [-0.05, 0) is 24.8 Å². The molecule has 1 aliphatic heterocycles. The quantitative estimate of drug-likeness (QED) is 0.910. The van der Waals surface area contributed by atoms with Gasteiger partial charge in [0, 0.05) is 30.1 Å². The third-order valence-corrected chi connectivity index (χ3v) is 6.14. The van der Waals surface area contributed by atoms with Crippen LogP contribution in [0, 0.1) is 0 Å². The molecule has 5 nitrogen and oxygen atoms in total. The van der Waals surface area contributed by atoms with Gasteiger partial charge in [-0.1, -0.05) is 24.3 Å². The fourth-order valence-corrected chi connectivity index (χ4v) is 4.72. The number of carbonyl (C=O) groups is 1. The second kappa shape index (κ2) is 7.23. The van der Waals surface area contributed by atoms with Gasteiger partial charge in [0.05, 0.1) is 24.8 Å². The number of morpholine rings is 1. The van der Waals surface area contributed by atoms with Crippen LogP contribution in [0.2, 0.25) is 0 Å². The first kappa shape index (κ1) is 16.7. The highest BCUT2D eigenvalue weighted by Gasteiger charge is 2.30. The zero-order chi connectivity index (χ0) is 17.2. The Morgan fingerprint density at radius 1 is 1.28 bits per heavy atom. The van der Waals surface area contributed by atoms with Crippen LogP contribution in [0.25, 0.3) is 10.6 Å². The zero-order valence-corrected chi connectivity index (χ0v) is 14.9. The van der Waals surface area contributed by atoms with Crippen molar-refractivity contribution in [2.45, 2.75) is 31.7 Å². The zero-order valence-electron chi connectivity index (χ0n) is 14.1. The molecular formula is C19H22N2O3S. The summed E-state index contributed by atoms with van der Waals surface area (Å²) in [6.45, 7) is 4.54. The summed E-state index contributed by atoms with van der Waals surface area (Å²) >= 11 is 1.65. The first-order valence-corrected chi connectivity index (χ1v) is 9.64. The van der Waals surface area contributed by atoms with E-state index in [1.54, 1.807) is 11.3 Å². The lowest BCUT2D eigenvalue weighted by molar-refractivity contribution is -0.139. The van der Waals surface area contributed by atoms with Gasteiger partial charge in [0.2, 0.25) is 0 Å². The number of thiazole rings is 1. The van der Waals surface area contributed by atoms with Crippen molar-refractivity contribution in [1.82, 2.24) is 9.88 Å². The molecule has 1 aromatic heterocycles. The number of nitrogens with zero attached hydrogens (tertiary/aromatic N) is 2. The topological polar surface area (TPSA) is 62.7 Å². The molecule has 1 aromatic carbocycles. The summed E-state index contributed by atoms with van der Waals surface area (Å²) in [6, 6.07) is 8.52. The van der Waals surface area contributed by atoms with Crippen molar-refractivity contribution in [1.29, 1.82) is 0 Å². The highest BCUT2D eigenvalue weighted by atomic mass is 32.1. The van der Waals surface area contributed by atoms with Gasteiger partial charge in [-0.3, -0.25) is 9.69 Å². The van der Waals surface area contributed by atoms with Crippen LogP contribution in [0.4, 0.5) is 0 Å². The minimum atomic E-state index is -0.751. The van der Waals surface area contributed by atoms with E-state index in [1.807, 2.05) is 0 Å².